The summed E-state index contributed by atoms with van der Waals surface area (Å²) in [4.78, 5) is 49.7. The van der Waals surface area contributed by atoms with E-state index in [1.807, 2.05) is 6.92 Å². The van der Waals surface area contributed by atoms with Gasteiger partial charge in [-0.1, -0.05) is 19.1 Å². The highest BCUT2D eigenvalue weighted by atomic mass is 16.4. The Morgan fingerprint density at radius 2 is 1.85 bits per heavy atom. The van der Waals surface area contributed by atoms with Gasteiger partial charge in [0.1, 0.15) is 11.8 Å². The average molecular weight is 465 g/mol. The van der Waals surface area contributed by atoms with E-state index in [1.54, 1.807) is 12.1 Å². The van der Waals surface area contributed by atoms with E-state index >= 15 is 0 Å². The molecule has 11 heteroatoms. The SMILES string of the molecule is CCCN(C[C@@H](CNC(=O)[C@@H]1CCCN1)C(=O)O)C(=O)N[C@@H](Cc1ccc(O)cc1)C(=O)O. The molecule has 0 saturated carbocycles. The van der Waals surface area contributed by atoms with Crippen molar-refractivity contribution in [2.24, 2.45) is 5.92 Å². The topological polar surface area (TPSA) is 168 Å². The minimum absolute atomic E-state index is 0.00583. The number of amides is 3. The van der Waals surface area contributed by atoms with Crippen LogP contribution < -0.4 is 16.0 Å². The van der Waals surface area contributed by atoms with E-state index in [0.29, 0.717) is 18.4 Å². The summed E-state index contributed by atoms with van der Waals surface area (Å²) in [5.41, 5.74) is 0.606. The van der Waals surface area contributed by atoms with Crippen molar-refractivity contribution in [3.05, 3.63) is 29.8 Å². The number of carbonyl (C=O) groups excluding carboxylic acids is 2. The van der Waals surface area contributed by atoms with Crippen LogP contribution in [0.25, 0.3) is 0 Å². The number of nitrogens with zero attached hydrogens (tertiary/aromatic N) is 1. The van der Waals surface area contributed by atoms with Gasteiger partial charge in [-0.05, 0) is 43.5 Å². The molecule has 11 nitrogen and oxygen atoms in total. The zero-order valence-electron chi connectivity index (χ0n) is 18.6. The highest BCUT2D eigenvalue weighted by molar-refractivity contribution is 5.84. The number of nitrogens with one attached hydrogen (secondary N) is 3. The van der Waals surface area contributed by atoms with Crippen LogP contribution in [0.15, 0.2) is 24.3 Å². The van der Waals surface area contributed by atoms with E-state index in [0.717, 1.165) is 13.0 Å². The fourth-order valence-electron chi connectivity index (χ4n) is 3.61. The van der Waals surface area contributed by atoms with Gasteiger partial charge in [0.25, 0.3) is 0 Å². The third-order valence-electron chi connectivity index (χ3n) is 5.44. The van der Waals surface area contributed by atoms with E-state index in [1.165, 1.54) is 17.0 Å². The third kappa shape index (κ3) is 8.26. The number of urea groups is 1. The molecule has 1 aromatic carbocycles. The number of benzene rings is 1. The van der Waals surface area contributed by atoms with Crippen LogP contribution in [0.4, 0.5) is 4.79 Å². The molecule has 0 aliphatic carbocycles. The third-order valence-corrected chi connectivity index (χ3v) is 5.44. The second-order valence-corrected chi connectivity index (χ2v) is 8.09. The van der Waals surface area contributed by atoms with Crippen molar-refractivity contribution in [2.75, 3.05) is 26.2 Å². The number of carboxylic acids is 2. The van der Waals surface area contributed by atoms with Crippen LogP contribution in [0, 0.1) is 5.92 Å². The second-order valence-electron chi connectivity index (χ2n) is 8.09. The second kappa shape index (κ2) is 12.6. The van der Waals surface area contributed by atoms with Crippen molar-refractivity contribution in [3.8, 4) is 5.75 Å². The van der Waals surface area contributed by atoms with Crippen LogP contribution in [0.1, 0.15) is 31.7 Å². The Hall–Kier alpha value is -3.34. The van der Waals surface area contributed by atoms with E-state index in [2.05, 4.69) is 16.0 Å². The smallest absolute Gasteiger partial charge is 0.326 e. The van der Waals surface area contributed by atoms with Crippen molar-refractivity contribution in [1.29, 1.82) is 0 Å². The van der Waals surface area contributed by atoms with Crippen molar-refractivity contribution in [1.82, 2.24) is 20.9 Å². The first kappa shape index (κ1) is 25.9. The lowest BCUT2D eigenvalue weighted by Crippen LogP contribution is -2.52. The molecule has 0 radical (unpaired) electrons. The average Bonchev–Trinajstić information content (AvgIpc) is 3.31. The standard InChI is InChI=1S/C22H32N4O7/c1-2-10-26(13-15(20(29)30)12-24-19(28)17-4-3-9-23-17)22(33)25-18(21(31)32)11-14-5-7-16(27)8-6-14/h5-8,15,17-18,23,27H,2-4,9-13H2,1H3,(H,24,28)(H,25,33)(H,29,30)(H,31,32)/t15-,17+,18+/m1/s1. The first-order chi connectivity index (χ1) is 15.7. The normalized spacial score (nSPS) is 17.1. The van der Waals surface area contributed by atoms with Crippen LogP contribution >= 0.6 is 0 Å². The zero-order valence-corrected chi connectivity index (χ0v) is 18.6. The molecule has 3 atom stereocenters. The Morgan fingerprint density at radius 3 is 2.39 bits per heavy atom. The highest BCUT2D eigenvalue weighted by Crippen LogP contribution is 2.12. The molecule has 33 heavy (non-hydrogen) atoms. The molecule has 1 heterocycles. The fourth-order valence-corrected chi connectivity index (χ4v) is 3.61. The molecule has 6 N–H and O–H groups in total. The number of aliphatic carboxylic acids is 2. The van der Waals surface area contributed by atoms with Crippen molar-refractivity contribution >= 4 is 23.9 Å². The highest BCUT2D eigenvalue weighted by Gasteiger charge is 2.29. The number of phenolic OH excluding ortho intramolecular Hbond substituents is 1. The lowest BCUT2D eigenvalue weighted by atomic mass is 10.1. The molecule has 3 amide bonds. The summed E-state index contributed by atoms with van der Waals surface area (Å²) in [6, 6.07) is 3.69. The Balaban J connectivity index is 2.00. The van der Waals surface area contributed by atoms with Gasteiger partial charge in [0.05, 0.1) is 12.0 Å². The maximum absolute atomic E-state index is 12.8. The summed E-state index contributed by atoms with van der Waals surface area (Å²) in [6.07, 6.45) is 2.09. The van der Waals surface area contributed by atoms with E-state index in [-0.39, 0.29) is 43.8 Å². The van der Waals surface area contributed by atoms with Gasteiger partial charge >= 0.3 is 18.0 Å². The minimum atomic E-state index is -1.24. The molecular formula is C22H32N4O7. The van der Waals surface area contributed by atoms with Crippen molar-refractivity contribution < 1.29 is 34.5 Å². The molecule has 182 valence electrons. The molecule has 1 aromatic rings. The molecule has 2 rings (SSSR count). The van der Waals surface area contributed by atoms with Crippen LogP contribution in [-0.2, 0) is 20.8 Å². The quantitative estimate of drug-likeness (QED) is 0.258. The predicted molar refractivity (Wildman–Crippen MR) is 119 cm³/mol. The molecular weight excluding hydrogens is 432 g/mol. The number of hydrogen-bond acceptors (Lipinski definition) is 6. The zero-order chi connectivity index (χ0) is 24.4. The van der Waals surface area contributed by atoms with Crippen molar-refractivity contribution in [3.63, 3.8) is 0 Å². The van der Waals surface area contributed by atoms with Gasteiger partial charge in [-0.2, -0.15) is 0 Å². The van der Waals surface area contributed by atoms with Gasteiger partial charge in [0.2, 0.25) is 5.91 Å². The first-order valence-electron chi connectivity index (χ1n) is 11.0. The van der Waals surface area contributed by atoms with Gasteiger partial charge in [0, 0.05) is 26.1 Å². The molecule has 1 fully saturated rings. The summed E-state index contributed by atoms with van der Waals surface area (Å²) in [7, 11) is 0. The van der Waals surface area contributed by atoms with Gasteiger partial charge in [-0.3, -0.25) is 9.59 Å². The Bertz CT molecular complexity index is 825. The summed E-state index contributed by atoms with van der Waals surface area (Å²) < 4.78 is 0. The molecule has 1 aliphatic heterocycles. The molecule has 1 aliphatic rings. The van der Waals surface area contributed by atoms with E-state index in [4.69, 9.17) is 0 Å². The summed E-state index contributed by atoms with van der Waals surface area (Å²) >= 11 is 0. The Kier molecular flexibility index (Phi) is 9.92. The summed E-state index contributed by atoms with van der Waals surface area (Å²) in [6.45, 7) is 2.45. The van der Waals surface area contributed by atoms with Gasteiger partial charge < -0.3 is 36.2 Å². The van der Waals surface area contributed by atoms with Crippen molar-refractivity contribution in [2.45, 2.75) is 44.7 Å². The number of aromatic hydroxyl groups is 1. The minimum Gasteiger partial charge on any atom is -0.508 e. The fraction of sp³-hybridized carbons (Fsp3) is 0.545. The van der Waals surface area contributed by atoms with Gasteiger partial charge in [-0.15, -0.1) is 0 Å². The molecule has 0 aromatic heterocycles. The number of carbonyl (C=O) groups is 4. The molecule has 0 unspecified atom stereocenters. The van der Waals surface area contributed by atoms with E-state index < -0.39 is 29.9 Å². The first-order valence-corrected chi connectivity index (χ1v) is 11.0. The number of rotatable bonds is 12. The molecule has 0 bridgehead atoms. The number of hydrogen-bond donors (Lipinski definition) is 6. The maximum Gasteiger partial charge on any atom is 0.326 e. The van der Waals surface area contributed by atoms with Gasteiger partial charge in [0.15, 0.2) is 0 Å². The lowest BCUT2D eigenvalue weighted by Gasteiger charge is -2.27. The van der Waals surface area contributed by atoms with Crippen LogP contribution in [0.2, 0.25) is 0 Å². The van der Waals surface area contributed by atoms with Crippen LogP contribution in [-0.4, -0.2) is 82.4 Å². The Morgan fingerprint density at radius 1 is 1.15 bits per heavy atom. The number of phenols is 1. The monoisotopic (exact) mass is 464 g/mol. The van der Waals surface area contributed by atoms with Gasteiger partial charge in [-0.25, -0.2) is 9.59 Å². The lowest BCUT2D eigenvalue weighted by molar-refractivity contribution is -0.142. The predicted octanol–water partition coefficient (Wildman–Crippen LogP) is 0.379. The summed E-state index contributed by atoms with van der Waals surface area (Å²) in [5.74, 6) is -3.68. The number of carboxylic acid groups (broad SMARTS) is 2. The summed E-state index contributed by atoms with van der Waals surface area (Å²) in [5, 5.41) is 36.6. The largest absolute Gasteiger partial charge is 0.508 e. The maximum atomic E-state index is 12.8. The van der Waals surface area contributed by atoms with Crippen LogP contribution in [0.3, 0.4) is 0 Å². The molecule has 0 spiro atoms. The molecule has 1 saturated heterocycles. The van der Waals surface area contributed by atoms with E-state index in [9.17, 15) is 34.5 Å². The van der Waals surface area contributed by atoms with Crippen LogP contribution in [0.5, 0.6) is 5.75 Å². The Labute approximate surface area is 192 Å².